The van der Waals surface area contributed by atoms with E-state index in [1.54, 1.807) is 12.3 Å². The number of ether oxygens (including phenoxy) is 2. The van der Waals surface area contributed by atoms with Crippen LogP contribution in [0.3, 0.4) is 0 Å². The van der Waals surface area contributed by atoms with Crippen molar-refractivity contribution in [3.05, 3.63) is 63.6 Å². The summed E-state index contributed by atoms with van der Waals surface area (Å²) in [4.78, 5) is 38.4. The van der Waals surface area contributed by atoms with E-state index in [1.807, 2.05) is 0 Å². The third-order valence-corrected chi connectivity index (χ3v) is 5.13. The Labute approximate surface area is 182 Å². The number of anilines is 1. The number of fused-ring (bicyclic) bond motifs is 1. The molecule has 0 radical (unpaired) electrons. The molecule has 1 aromatic carbocycles. The minimum absolute atomic E-state index is 0.135. The van der Waals surface area contributed by atoms with Gasteiger partial charge in [-0.25, -0.2) is 15.0 Å². The van der Waals surface area contributed by atoms with Gasteiger partial charge in [0.15, 0.2) is 0 Å². The van der Waals surface area contributed by atoms with Crippen LogP contribution in [0.5, 0.6) is 5.75 Å². The van der Waals surface area contributed by atoms with Crippen molar-refractivity contribution in [1.82, 2.24) is 24.8 Å². The van der Waals surface area contributed by atoms with Crippen LogP contribution in [0.4, 0.5) is 5.69 Å². The molecule has 0 saturated heterocycles. The van der Waals surface area contributed by atoms with Gasteiger partial charge in [0.2, 0.25) is 0 Å². The number of carbonyl (C=O) groups excluding carboxylic acids is 1. The lowest BCUT2D eigenvalue weighted by atomic mass is 10.1. The molecule has 3 heterocycles. The average molecular weight is 443 g/mol. The Morgan fingerprint density at radius 1 is 1.35 bits per heavy atom. The van der Waals surface area contributed by atoms with Gasteiger partial charge < -0.3 is 20.5 Å². The molecule has 0 aliphatic carbocycles. The lowest BCUT2D eigenvalue weighted by Gasteiger charge is -2.20. The fourth-order valence-corrected chi connectivity index (χ4v) is 3.44. The van der Waals surface area contributed by atoms with Crippen molar-refractivity contribution in [1.29, 1.82) is 0 Å². The van der Waals surface area contributed by atoms with Gasteiger partial charge in [-0.15, -0.1) is 0 Å². The van der Waals surface area contributed by atoms with Crippen LogP contribution < -0.4 is 21.3 Å². The molecule has 0 saturated carbocycles. The number of methoxy groups -OCH3 is 1. The van der Waals surface area contributed by atoms with Gasteiger partial charge in [-0.05, 0) is 12.1 Å². The Morgan fingerprint density at radius 3 is 2.94 bits per heavy atom. The van der Waals surface area contributed by atoms with Crippen molar-refractivity contribution in [2.24, 2.45) is 0 Å². The van der Waals surface area contributed by atoms with Gasteiger partial charge in [0.1, 0.15) is 23.9 Å². The number of aromatic nitrogens is 4. The molecule has 3 aromatic rings. The summed E-state index contributed by atoms with van der Waals surface area (Å²) in [6.45, 7) is 0.760. The minimum Gasteiger partial charge on any atom is -0.496 e. The lowest BCUT2D eigenvalue weighted by molar-refractivity contribution is 0.0853. The molecule has 0 bridgehead atoms. The summed E-state index contributed by atoms with van der Waals surface area (Å²) < 4.78 is 12.4. The fraction of sp³-hybridized carbons (Fsp3) is 0.250. The highest BCUT2D eigenvalue weighted by Crippen LogP contribution is 2.29. The van der Waals surface area contributed by atoms with Crippen molar-refractivity contribution in [2.45, 2.75) is 12.6 Å². The predicted octanol–water partition coefficient (Wildman–Crippen LogP) is 1.45. The van der Waals surface area contributed by atoms with E-state index in [-0.39, 0.29) is 28.5 Å². The third kappa shape index (κ3) is 4.21. The Kier molecular flexibility index (Phi) is 5.83. The number of nitrogens with two attached hydrogens (primary N) is 1. The van der Waals surface area contributed by atoms with Crippen LogP contribution in [0.25, 0.3) is 11.4 Å². The molecule has 4 rings (SSSR count). The summed E-state index contributed by atoms with van der Waals surface area (Å²) in [5.74, 6) is 0.170. The van der Waals surface area contributed by atoms with Gasteiger partial charge in [-0.1, -0.05) is 11.6 Å². The summed E-state index contributed by atoms with van der Waals surface area (Å²) in [5.41, 5.74) is 6.91. The smallest absolute Gasteiger partial charge is 0.255 e. The molecule has 3 N–H and O–H groups in total. The van der Waals surface area contributed by atoms with Crippen molar-refractivity contribution in [3.63, 3.8) is 0 Å². The number of halogens is 1. The standard InChI is InChI=1S/C20H19ClN6O4/c1-30-17-7-13(22)12(21)6-11(17)20(29)26-16-9-31-5-4-27-18(28)8-15(25-19(16)27)14-2-3-23-10-24-14/h2-3,6-8,10,16H,4-5,9,22H2,1H3,(H,26,29). The van der Waals surface area contributed by atoms with Crippen LogP contribution in [-0.2, 0) is 11.3 Å². The number of nitrogens with zero attached hydrogens (tertiary/aromatic N) is 4. The summed E-state index contributed by atoms with van der Waals surface area (Å²) in [7, 11) is 1.43. The van der Waals surface area contributed by atoms with Crippen LogP contribution in [0, 0.1) is 0 Å². The normalized spacial score (nSPS) is 15.6. The maximum Gasteiger partial charge on any atom is 0.255 e. The molecular formula is C20H19ClN6O4. The number of carbonyl (C=O) groups is 1. The van der Waals surface area contributed by atoms with Crippen LogP contribution in [0.1, 0.15) is 22.2 Å². The first-order valence-corrected chi connectivity index (χ1v) is 9.75. The Balaban J connectivity index is 1.73. The molecule has 1 aliphatic heterocycles. The minimum atomic E-state index is -0.689. The quantitative estimate of drug-likeness (QED) is 0.579. The molecular weight excluding hydrogens is 424 g/mol. The zero-order valence-corrected chi connectivity index (χ0v) is 17.3. The van der Waals surface area contributed by atoms with Crippen LogP contribution in [0.15, 0.2) is 41.6 Å². The van der Waals surface area contributed by atoms with Crippen LogP contribution in [-0.4, -0.2) is 45.7 Å². The van der Waals surface area contributed by atoms with E-state index >= 15 is 0 Å². The molecule has 160 valence electrons. The number of benzene rings is 1. The molecule has 2 aromatic heterocycles. The van der Waals surface area contributed by atoms with Crippen molar-refractivity contribution in [2.75, 3.05) is 26.1 Å². The van der Waals surface area contributed by atoms with Gasteiger partial charge in [0.05, 0.1) is 54.5 Å². The average Bonchev–Trinajstić information content (AvgIpc) is 2.98. The largest absolute Gasteiger partial charge is 0.496 e. The zero-order chi connectivity index (χ0) is 22.0. The number of nitrogen functional groups attached to an aromatic ring is 1. The van der Waals surface area contributed by atoms with E-state index in [0.717, 1.165) is 0 Å². The molecule has 10 nitrogen and oxygen atoms in total. The number of nitrogens with one attached hydrogen (secondary N) is 1. The Bertz CT molecular complexity index is 1180. The third-order valence-electron chi connectivity index (χ3n) is 4.81. The summed E-state index contributed by atoms with van der Waals surface area (Å²) >= 11 is 6.09. The predicted molar refractivity (Wildman–Crippen MR) is 113 cm³/mol. The topological polar surface area (TPSA) is 134 Å². The number of hydrogen-bond acceptors (Lipinski definition) is 8. The highest BCUT2D eigenvalue weighted by molar-refractivity contribution is 6.33. The van der Waals surface area contributed by atoms with E-state index < -0.39 is 11.9 Å². The fourth-order valence-electron chi connectivity index (χ4n) is 3.28. The summed E-state index contributed by atoms with van der Waals surface area (Å²) in [6.07, 6.45) is 2.94. The Morgan fingerprint density at radius 2 is 2.19 bits per heavy atom. The van der Waals surface area contributed by atoms with Crippen molar-refractivity contribution < 1.29 is 14.3 Å². The van der Waals surface area contributed by atoms with E-state index in [0.29, 0.717) is 36.1 Å². The summed E-state index contributed by atoms with van der Waals surface area (Å²) in [6, 6.07) is 5.27. The van der Waals surface area contributed by atoms with Gasteiger partial charge in [-0.2, -0.15) is 0 Å². The van der Waals surface area contributed by atoms with E-state index in [4.69, 9.17) is 26.8 Å². The van der Waals surface area contributed by atoms with E-state index in [1.165, 1.54) is 36.2 Å². The zero-order valence-electron chi connectivity index (χ0n) is 16.5. The first kappa shape index (κ1) is 20.8. The molecule has 1 aliphatic rings. The van der Waals surface area contributed by atoms with Gasteiger partial charge in [-0.3, -0.25) is 14.2 Å². The maximum absolute atomic E-state index is 13.0. The van der Waals surface area contributed by atoms with Gasteiger partial charge in [0, 0.05) is 18.3 Å². The van der Waals surface area contributed by atoms with Gasteiger partial charge in [0.25, 0.3) is 11.5 Å². The van der Waals surface area contributed by atoms with E-state index in [9.17, 15) is 9.59 Å². The SMILES string of the molecule is COc1cc(N)c(Cl)cc1C(=O)NC1COCCn2c1nc(-c1ccncn1)cc2=O. The van der Waals surface area contributed by atoms with Gasteiger partial charge >= 0.3 is 0 Å². The first-order valence-electron chi connectivity index (χ1n) is 9.37. The van der Waals surface area contributed by atoms with Crippen molar-refractivity contribution >= 4 is 23.2 Å². The monoisotopic (exact) mass is 442 g/mol. The highest BCUT2D eigenvalue weighted by atomic mass is 35.5. The molecule has 1 unspecified atom stereocenters. The van der Waals surface area contributed by atoms with E-state index in [2.05, 4.69) is 20.3 Å². The van der Waals surface area contributed by atoms with Crippen LogP contribution in [0.2, 0.25) is 5.02 Å². The first-order chi connectivity index (χ1) is 15.0. The van der Waals surface area contributed by atoms with Crippen LogP contribution >= 0.6 is 11.6 Å². The summed E-state index contributed by atoms with van der Waals surface area (Å²) in [5, 5.41) is 3.09. The van der Waals surface area contributed by atoms with Crippen molar-refractivity contribution in [3.8, 4) is 17.1 Å². The molecule has 11 heteroatoms. The number of amides is 1. The second kappa shape index (κ2) is 8.70. The highest BCUT2D eigenvalue weighted by Gasteiger charge is 2.26. The Hall–Kier alpha value is -3.50. The second-order valence-electron chi connectivity index (χ2n) is 6.76. The second-order valence-corrected chi connectivity index (χ2v) is 7.17. The molecule has 31 heavy (non-hydrogen) atoms. The molecule has 0 fully saturated rings. The number of rotatable bonds is 4. The lowest BCUT2D eigenvalue weighted by Crippen LogP contribution is -2.35. The molecule has 0 spiro atoms. The maximum atomic E-state index is 13.0. The molecule has 1 atom stereocenters. The molecule has 1 amide bonds. The number of hydrogen-bond donors (Lipinski definition) is 2.